The summed E-state index contributed by atoms with van der Waals surface area (Å²) in [6.07, 6.45) is -1.70. The molecular formula is C12H16O4. The molecule has 0 aliphatic carbocycles. The summed E-state index contributed by atoms with van der Waals surface area (Å²) in [5, 5.41) is 8.90. The molecule has 1 N–H and O–H groups in total. The van der Waals surface area contributed by atoms with Gasteiger partial charge in [-0.2, -0.15) is 0 Å². The first kappa shape index (κ1) is 11.1. The molecule has 0 saturated heterocycles. The molecule has 0 bridgehead atoms. The highest BCUT2D eigenvalue weighted by molar-refractivity contribution is 5.70. The molecule has 0 radical (unpaired) electrons. The third kappa shape index (κ3) is 4.42. The highest BCUT2D eigenvalue weighted by Crippen LogP contribution is 2.05. The number of carboxylic acids is 1. The minimum Gasteiger partial charge on any atom is -0.477 e. The largest absolute Gasteiger partial charge is 0.477 e. The summed E-state index contributed by atoms with van der Waals surface area (Å²) in [5.74, 6) is -1.44. The van der Waals surface area contributed by atoms with Gasteiger partial charge in [0.15, 0.2) is 0 Å². The third-order valence-corrected chi connectivity index (χ3v) is 1.82. The van der Waals surface area contributed by atoms with E-state index in [0.717, 1.165) is 5.56 Å². The summed E-state index contributed by atoms with van der Waals surface area (Å²) in [4.78, 5) is 10.9. The van der Waals surface area contributed by atoms with E-state index >= 15 is 0 Å². The maximum absolute atomic E-state index is 10.9. The highest BCUT2D eigenvalue weighted by atomic mass is 16.7. The predicted octanol–water partition coefficient (Wildman–Crippen LogP) is 2.04. The van der Waals surface area contributed by atoms with Crippen LogP contribution in [0.3, 0.4) is 0 Å². The second-order valence-electron chi connectivity index (χ2n) is 3.22. The van der Waals surface area contributed by atoms with Gasteiger partial charge in [0.25, 0.3) is 6.27 Å². The van der Waals surface area contributed by atoms with Crippen LogP contribution in [0, 0.1) is 0 Å². The lowest BCUT2D eigenvalue weighted by atomic mass is 10.2. The van der Waals surface area contributed by atoms with Gasteiger partial charge in [-0.25, -0.2) is 4.79 Å². The quantitative estimate of drug-likeness (QED) is 0.723. The van der Waals surface area contributed by atoms with E-state index in [-0.39, 0.29) is 13.2 Å². The molecule has 88 valence electrons. The van der Waals surface area contributed by atoms with Crippen LogP contribution in [0.25, 0.3) is 0 Å². The molecule has 1 unspecified atom stereocenters. The number of carbonyl (C=O) groups is 1. The zero-order valence-corrected chi connectivity index (χ0v) is 9.18. The lowest BCUT2D eigenvalue weighted by Gasteiger charge is -2.13. The molecule has 4 heteroatoms. The SMILES string of the molecule is [3H]C(OCCC)(OCc1ccccc1)C(=O)O. The van der Waals surface area contributed by atoms with Gasteiger partial charge in [-0.05, 0) is 12.0 Å². The normalized spacial score (nSPS) is 15.2. The second kappa shape index (κ2) is 6.98. The molecule has 0 heterocycles. The van der Waals surface area contributed by atoms with Crippen molar-refractivity contribution in [2.75, 3.05) is 6.61 Å². The number of hydrogen-bond acceptors (Lipinski definition) is 3. The van der Waals surface area contributed by atoms with Gasteiger partial charge in [-0.15, -0.1) is 0 Å². The topological polar surface area (TPSA) is 55.8 Å². The Bertz CT molecular complexity index is 355. The molecule has 4 nitrogen and oxygen atoms in total. The first-order valence-corrected chi connectivity index (χ1v) is 5.13. The second-order valence-corrected chi connectivity index (χ2v) is 3.22. The number of hydrogen-bond donors (Lipinski definition) is 1. The Labute approximate surface area is 96.2 Å². The zero-order chi connectivity index (χ0) is 12.7. The summed E-state index contributed by atoms with van der Waals surface area (Å²) in [6, 6.07) is 9.07. The van der Waals surface area contributed by atoms with Crippen molar-refractivity contribution in [1.29, 1.82) is 0 Å². The molecule has 0 aliphatic heterocycles. The van der Waals surface area contributed by atoms with Crippen molar-refractivity contribution in [3.05, 3.63) is 35.9 Å². The number of carboxylic acid groups (broad SMARTS) is 1. The predicted molar refractivity (Wildman–Crippen MR) is 58.9 cm³/mol. The minimum absolute atomic E-state index is 0.0281. The van der Waals surface area contributed by atoms with Crippen LogP contribution in [-0.2, 0) is 20.9 Å². The van der Waals surface area contributed by atoms with Gasteiger partial charge in [-0.3, -0.25) is 0 Å². The Hall–Kier alpha value is -1.39. The lowest BCUT2D eigenvalue weighted by Crippen LogP contribution is -2.27. The molecule has 16 heavy (non-hydrogen) atoms. The fourth-order valence-corrected chi connectivity index (χ4v) is 1.08. The lowest BCUT2D eigenvalue weighted by molar-refractivity contribution is -0.192. The van der Waals surface area contributed by atoms with Gasteiger partial charge in [0, 0.05) is 0 Å². The number of benzene rings is 1. The Morgan fingerprint density at radius 2 is 2.12 bits per heavy atom. The monoisotopic (exact) mass is 226 g/mol. The minimum atomic E-state index is -2.33. The maximum Gasteiger partial charge on any atom is 0.361 e. The first-order chi connectivity index (χ1) is 8.08. The van der Waals surface area contributed by atoms with Gasteiger partial charge in [0.2, 0.25) is 0 Å². The van der Waals surface area contributed by atoms with E-state index in [1.54, 1.807) is 12.1 Å². The molecule has 0 amide bonds. The van der Waals surface area contributed by atoms with E-state index in [1.165, 1.54) is 0 Å². The fraction of sp³-hybridized carbons (Fsp3) is 0.417. The summed E-state index contributed by atoms with van der Waals surface area (Å²) >= 11 is 0. The van der Waals surface area contributed by atoms with E-state index in [9.17, 15) is 4.79 Å². The molecule has 0 aromatic heterocycles. The molecule has 1 atom stereocenters. The van der Waals surface area contributed by atoms with Crippen molar-refractivity contribution >= 4 is 5.97 Å². The van der Waals surface area contributed by atoms with E-state index < -0.39 is 12.2 Å². The van der Waals surface area contributed by atoms with Crippen LogP contribution in [0.4, 0.5) is 0 Å². The van der Waals surface area contributed by atoms with Crippen molar-refractivity contribution in [2.24, 2.45) is 0 Å². The number of aliphatic carboxylic acids is 1. The average Bonchev–Trinajstić information content (AvgIpc) is 2.35. The molecule has 0 aliphatic rings. The highest BCUT2D eigenvalue weighted by Gasteiger charge is 2.17. The van der Waals surface area contributed by atoms with Crippen molar-refractivity contribution in [3.63, 3.8) is 0 Å². The van der Waals surface area contributed by atoms with Crippen LogP contribution in [0.5, 0.6) is 0 Å². The van der Waals surface area contributed by atoms with Crippen LogP contribution in [0.1, 0.15) is 20.3 Å². The van der Waals surface area contributed by atoms with E-state index in [2.05, 4.69) is 0 Å². The Kier molecular flexibility index (Phi) is 4.84. The molecule has 0 fully saturated rings. The zero-order valence-electron chi connectivity index (χ0n) is 10.2. The maximum atomic E-state index is 10.9. The van der Waals surface area contributed by atoms with Crippen molar-refractivity contribution in [3.8, 4) is 0 Å². The van der Waals surface area contributed by atoms with Gasteiger partial charge in [0.1, 0.15) is 1.37 Å². The summed E-state index contributed by atoms with van der Waals surface area (Å²) in [7, 11) is 0. The van der Waals surface area contributed by atoms with Gasteiger partial charge in [0.05, 0.1) is 13.2 Å². The van der Waals surface area contributed by atoms with E-state index in [0.29, 0.717) is 6.42 Å². The van der Waals surface area contributed by atoms with Crippen molar-refractivity contribution < 1.29 is 20.7 Å². The van der Waals surface area contributed by atoms with Crippen molar-refractivity contribution in [1.82, 2.24) is 0 Å². The van der Waals surface area contributed by atoms with Gasteiger partial charge >= 0.3 is 5.97 Å². The number of rotatable bonds is 7. The van der Waals surface area contributed by atoms with Crippen LogP contribution in [0.2, 0.25) is 0 Å². The van der Waals surface area contributed by atoms with Crippen molar-refractivity contribution in [2.45, 2.75) is 26.2 Å². The van der Waals surface area contributed by atoms with Crippen LogP contribution < -0.4 is 0 Å². The Morgan fingerprint density at radius 1 is 1.44 bits per heavy atom. The number of ether oxygens (including phenoxy) is 2. The van der Waals surface area contributed by atoms with Crippen LogP contribution in [-0.4, -0.2) is 23.9 Å². The average molecular weight is 226 g/mol. The van der Waals surface area contributed by atoms with Gasteiger partial charge < -0.3 is 14.6 Å². The summed E-state index contributed by atoms with van der Waals surface area (Å²) < 4.78 is 17.5. The fourth-order valence-electron chi connectivity index (χ4n) is 1.08. The summed E-state index contributed by atoms with van der Waals surface area (Å²) in [5.41, 5.74) is 0.797. The van der Waals surface area contributed by atoms with E-state index in [1.807, 2.05) is 25.1 Å². The standard InChI is InChI=1S/C12H16O4/c1-2-8-15-12(11(13)14)16-9-10-6-4-3-5-7-10/h3-7,12H,2,8-9H2,1H3,(H,13,14)/i12T. The molecule has 0 spiro atoms. The molecule has 1 aromatic rings. The van der Waals surface area contributed by atoms with Crippen LogP contribution in [0.15, 0.2) is 30.3 Å². The smallest absolute Gasteiger partial charge is 0.361 e. The van der Waals surface area contributed by atoms with Crippen LogP contribution >= 0.6 is 0 Å². The van der Waals surface area contributed by atoms with Gasteiger partial charge in [-0.1, -0.05) is 37.3 Å². The molecular weight excluding hydrogens is 208 g/mol. The third-order valence-electron chi connectivity index (χ3n) is 1.82. The molecule has 1 rings (SSSR count). The molecule has 0 saturated carbocycles. The Morgan fingerprint density at radius 3 is 2.69 bits per heavy atom. The Balaban J connectivity index is 2.58. The first-order valence-electron chi connectivity index (χ1n) is 5.63. The summed E-state index contributed by atoms with van der Waals surface area (Å²) in [6.45, 7) is 2.03. The van der Waals surface area contributed by atoms with E-state index in [4.69, 9.17) is 16.0 Å². The molecule has 1 aromatic carbocycles.